The molecule has 1 aliphatic heterocycles. The van der Waals surface area contributed by atoms with Gasteiger partial charge in [0.1, 0.15) is 0 Å². The molecule has 2 atom stereocenters. The van der Waals surface area contributed by atoms with Crippen molar-refractivity contribution in [3.63, 3.8) is 0 Å². The summed E-state index contributed by atoms with van der Waals surface area (Å²) in [6.07, 6.45) is 5.25. The number of nitrogens with zero attached hydrogens (tertiary/aromatic N) is 3. The molecule has 27 heavy (non-hydrogen) atoms. The lowest BCUT2D eigenvalue weighted by Crippen LogP contribution is -2.40. The Morgan fingerprint density at radius 1 is 1.26 bits per heavy atom. The molecule has 2 aliphatic rings. The van der Waals surface area contributed by atoms with E-state index in [2.05, 4.69) is 46.5 Å². The average molecular weight is 368 g/mol. The lowest BCUT2D eigenvalue weighted by Gasteiger charge is -2.32. The van der Waals surface area contributed by atoms with E-state index in [0.29, 0.717) is 23.7 Å². The lowest BCUT2D eigenvalue weighted by atomic mass is 9.96. The molecule has 6 heteroatoms. The molecular weight excluding hydrogens is 343 g/mol. The molecule has 1 aromatic heterocycles. The lowest BCUT2D eigenvalue weighted by molar-refractivity contribution is -0.134. The highest BCUT2D eigenvalue weighted by Gasteiger charge is 2.46. The van der Waals surface area contributed by atoms with Crippen molar-refractivity contribution in [3.8, 4) is 0 Å². The van der Waals surface area contributed by atoms with Crippen LogP contribution < -0.4 is 5.32 Å². The zero-order valence-electron chi connectivity index (χ0n) is 15.6. The minimum atomic E-state index is -0.434. The molecular formula is C21H25FN4O. The number of hydrogen-bond acceptors (Lipinski definition) is 4. The zero-order chi connectivity index (χ0) is 18.8. The Morgan fingerprint density at radius 3 is 2.70 bits per heavy atom. The fourth-order valence-corrected chi connectivity index (χ4v) is 3.97. The minimum absolute atomic E-state index is 0.161. The number of hydrogen-bond donors (Lipinski definition) is 1. The molecule has 2 unspecified atom stereocenters. The van der Waals surface area contributed by atoms with Gasteiger partial charge >= 0.3 is 0 Å². The third kappa shape index (κ3) is 4.26. The molecule has 1 aromatic carbocycles. The maximum Gasteiger partial charge on any atom is 0.226 e. The maximum absolute atomic E-state index is 12.8. The van der Waals surface area contributed by atoms with E-state index in [9.17, 15) is 9.18 Å². The monoisotopic (exact) mass is 368 g/mol. The molecule has 1 saturated carbocycles. The number of benzene rings is 1. The van der Waals surface area contributed by atoms with Crippen LogP contribution in [-0.4, -0.2) is 40.4 Å². The van der Waals surface area contributed by atoms with Crippen LogP contribution in [0.3, 0.4) is 0 Å². The van der Waals surface area contributed by atoms with Gasteiger partial charge in [-0.25, -0.2) is 14.4 Å². The fraction of sp³-hybridized carbons (Fsp3) is 0.476. The first-order valence-electron chi connectivity index (χ1n) is 9.67. The molecule has 0 bridgehead atoms. The van der Waals surface area contributed by atoms with Crippen LogP contribution in [0.5, 0.6) is 0 Å². The van der Waals surface area contributed by atoms with Gasteiger partial charge in [-0.3, -0.25) is 4.79 Å². The van der Waals surface area contributed by atoms with E-state index >= 15 is 0 Å². The zero-order valence-corrected chi connectivity index (χ0v) is 15.6. The quantitative estimate of drug-likeness (QED) is 0.879. The van der Waals surface area contributed by atoms with Crippen LogP contribution in [0.25, 0.3) is 0 Å². The van der Waals surface area contributed by atoms with E-state index in [1.54, 1.807) is 0 Å². The molecule has 0 spiro atoms. The topological polar surface area (TPSA) is 58.1 Å². The van der Waals surface area contributed by atoms with Crippen LogP contribution in [0.15, 0.2) is 36.7 Å². The van der Waals surface area contributed by atoms with Gasteiger partial charge < -0.3 is 10.2 Å². The van der Waals surface area contributed by atoms with E-state index in [0.717, 1.165) is 51.3 Å². The number of halogens is 1. The van der Waals surface area contributed by atoms with Crippen LogP contribution in [0.2, 0.25) is 0 Å². The van der Waals surface area contributed by atoms with Crippen molar-refractivity contribution in [3.05, 3.63) is 53.6 Å². The van der Waals surface area contributed by atoms with Gasteiger partial charge in [-0.2, -0.15) is 0 Å². The van der Waals surface area contributed by atoms with Gasteiger partial charge in [0.2, 0.25) is 11.9 Å². The number of likely N-dealkylation sites (tertiary alicyclic amines) is 1. The van der Waals surface area contributed by atoms with Crippen molar-refractivity contribution in [2.24, 2.45) is 11.8 Å². The number of rotatable bonds is 5. The predicted octanol–water partition coefficient (Wildman–Crippen LogP) is 3.38. The van der Waals surface area contributed by atoms with Gasteiger partial charge in [0, 0.05) is 25.6 Å². The summed E-state index contributed by atoms with van der Waals surface area (Å²) >= 11 is 0. The van der Waals surface area contributed by atoms with E-state index in [4.69, 9.17) is 0 Å². The number of nitrogens with one attached hydrogen (secondary N) is 1. The van der Waals surface area contributed by atoms with E-state index < -0.39 is 5.82 Å². The standard InChI is InChI=1S/C21H25FN4O/c1-14-3-2-4-16(9-14)18-10-19(18)20(27)26-7-5-15(6-8-26)11-23-21-24-12-17(22)13-25-21/h2-4,9,12-13,15,18-19H,5-8,10-11H2,1H3,(H,23,24,25). The molecule has 2 heterocycles. The summed E-state index contributed by atoms with van der Waals surface area (Å²) in [4.78, 5) is 22.7. The summed E-state index contributed by atoms with van der Waals surface area (Å²) in [5.74, 6) is 1.37. The second kappa shape index (κ2) is 7.62. The Labute approximate surface area is 159 Å². The van der Waals surface area contributed by atoms with Crippen molar-refractivity contribution >= 4 is 11.9 Å². The highest BCUT2D eigenvalue weighted by atomic mass is 19.1. The second-order valence-corrected chi connectivity index (χ2v) is 7.74. The van der Waals surface area contributed by atoms with Gasteiger partial charge in [-0.1, -0.05) is 29.8 Å². The molecule has 4 rings (SSSR count). The Morgan fingerprint density at radius 2 is 2.00 bits per heavy atom. The molecule has 1 amide bonds. The fourth-order valence-electron chi connectivity index (χ4n) is 3.97. The van der Waals surface area contributed by atoms with Crippen LogP contribution >= 0.6 is 0 Å². The number of piperidine rings is 1. The first kappa shape index (κ1) is 17.9. The molecule has 1 N–H and O–H groups in total. The first-order chi connectivity index (χ1) is 13.1. The molecule has 1 saturated heterocycles. The van der Waals surface area contributed by atoms with Gasteiger partial charge in [0.15, 0.2) is 5.82 Å². The highest BCUT2D eigenvalue weighted by molar-refractivity contribution is 5.83. The highest BCUT2D eigenvalue weighted by Crippen LogP contribution is 2.48. The third-order valence-corrected chi connectivity index (χ3v) is 5.67. The van der Waals surface area contributed by atoms with Crippen LogP contribution in [0.4, 0.5) is 10.3 Å². The van der Waals surface area contributed by atoms with Gasteiger partial charge in [0.25, 0.3) is 0 Å². The predicted molar refractivity (Wildman–Crippen MR) is 102 cm³/mol. The van der Waals surface area contributed by atoms with Crippen LogP contribution in [-0.2, 0) is 4.79 Å². The summed E-state index contributed by atoms with van der Waals surface area (Å²) in [6.45, 7) is 4.47. The summed E-state index contributed by atoms with van der Waals surface area (Å²) < 4.78 is 12.8. The SMILES string of the molecule is Cc1cccc(C2CC2C(=O)N2CCC(CNc3ncc(F)cn3)CC2)c1. The van der Waals surface area contributed by atoms with Crippen LogP contribution in [0.1, 0.15) is 36.3 Å². The first-order valence-corrected chi connectivity index (χ1v) is 9.67. The molecule has 0 radical (unpaired) electrons. The average Bonchev–Trinajstić information content (AvgIpc) is 3.48. The Hall–Kier alpha value is -2.50. The third-order valence-electron chi connectivity index (χ3n) is 5.67. The Balaban J connectivity index is 1.23. The molecule has 1 aliphatic carbocycles. The number of amides is 1. The number of carbonyl (C=O) groups is 1. The van der Waals surface area contributed by atoms with Crippen molar-refractivity contribution < 1.29 is 9.18 Å². The van der Waals surface area contributed by atoms with Gasteiger partial charge in [-0.15, -0.1) is 0 Å². The van der Waals surface area contributed by atoms with Crippen molar-refractivity contribution in [2.75, 3.05) is 25.0 Å². The molecule has 142 valence electrons. The van der Waals surface area contributed by atoms with E-state index in [1.807, 2.05) is 4.90 Å². The number of anilines is 1. The summed E-state index contributed by atoms with van der Waals surface area (Å²) in [5, 5.41) is 3.16. The van der Waals surface area contributed by atoms with Crippen molar-refractivity contribution in [2.45, 2.75) is 32.1 Å². The van der Waals surface area contributed by atoms with Crippen LogP contribution in [0, 0.1) is 24.6 Å². The summed E-state index contributed by atoms with van der Waals surface area (Å²) in [7, 11) is 0. The molecule has 5 nitrogen and oxygen atoms in total. The van der Waals surface area contributed by atoms with Crippen molar-refractivity contribution in [1.29, 1.82) is 0 Å². The number of carbonyl (C=O) groups excluding carboxylic acids is 1. The maximum atomic E-state index is 12.8. The Bertz CT molecular complexity index is 802. The number of aromatic nitrogens is 2. The number of aryl methyl sites for hydroxylation is 1. The second-order valence-electron chi connectivity index (χ2n) is 7.74. The van der Waals surface area contributed by atoms with Crippen molar-refractivity contribution in [1.82, 2.24) is 14.9 Å². The molecule has 2 fully saturated rings. The summed E-state index contributed by atoms with van der Waals surface area (Å²) in [5.41, 5.74) is 2.55. The summed E-state index contributed by atoms with van der Waals surface area (Å²) in [6, 6.07) is 8.51. The van der Waals surface area contributed by atoms with E-state index in [-0.39, 0.29) is 5.92 Å². The largest absolute Gasteiger partial charge is 0.354 e. The smallest absolute Gasteiger partial charge is 0.226 e. The Kier molecular flexibility index (Phi) is 5.05. The normalized spacial score (nSPS) is 22.5. The van der Waals surface area contributed by atoms with Gasteiger partial charge in [-0.05, 0) is 43.6 Å². The van der Waals surface area contributed by atoms with E-state index in [1.165, 1.54) is 11.1 Å². The molecule has 2 aromatic rings. The van der Waals surface area contributed by atoms with Gasteiger partial charge in [0.05, 0.1) is 12.4 Å². The minimum Gasteiger partial charge on any atom is -0.354 e.